The first-order valence-corrected chi connectivity index (χ1v) is 7.97. The fraction of sp³-hybridized carbons (Fsp3) is 0.438. The van der Waals surface area contributed by atoms with E-state index in [0.717, 1.165) is 17.3 Å². The number of amides is 1. The van der Waals surface area contributed by atoms with Crippen LogP contribution in [0.4, 0.5) is 5.69 Å². The Kier molecular flexibility index (Phi) is 4.79. The molecule has 0 saturated heterocycles. The molecule has 1 aliphatic heterocycles. The first-order valence-electron chi connectivity index (χ1n) is 7.97. The van der Waals surface area contributed by atoms with E-state index in [0.29, 0.717) is 44.0 Å². The van der Waals surface area contributed by atoms with Crippen molar-refractivity contribution in [2.75, 3.05) is 25.1 Å². The number of pyridine rings is 1. The lowest BCUT2D eigenvalue weighted by molar-refractivity contribution is -0.119. The van der Waals surface area contributed by atoms with E-state index in [1.807, 2.05) is 10.6 Å². The van der Waals surface area contributed by atoms with Crippen molar-refractivity contribution >= 4 is 11.6 Å². The SMILES string of the molecule is COc1nccc(N2CCc3nnc(CNC(C)=O)n3CC2)c1C#N. The largest absolute Gasteiger partial charge is 0.480 e. The summed E-state index contributed by atoms with van der Waals surface area (Å²) in [5, 5.41) is 20.6. The molecule has 3 rings (SSSR count). The lowest BCUT2D eigenvalue weighted by atomic mass is 10.2. The molecule has 1 amide bonds. The summed E-state index contributed by atoms with van der Waals surface area (Å²) in [5.74, 6) is 1.84. The Balaban J connectivity index is 1.81. The number of rotatable bonds is 4. The highest BCUT2D eigenvalue weighted by Gasteiger charge is 2.22. The maximum absolute atomic E-state index is 11.1. The second kappa shape index (κ2) is 7.17. The second-order valence-corrected chi connectivity index (χ2v) is 5.66. The predicted octanol–water partition coefficient (Wildman–Crippen LogP) is 0.252. The van der Waals surface area contributed by atoms with Crippen molar-refractivity contribution in [2.24, 2.45) is 0 Å². The molecule has 0 saturated carbocycles. The maximum atomic E-state index is 11.1. The van der Waals surface area contributed by atoms with Crippen molar-refractivity contribution < 1.29 is 9.53 Å². The first-order chi connectivity index (χ1) is 12.1. The molecule has 0 radical (unpaired) electrons. The van der Waals surface area contributed by atoms with Gasteiger partial charge < -0.3 is 19.5 Å². The Morgan fingerprint density at radius 2 is 2.24 bits per heavy atom. The lowest BCUT2D eigenvalue weighted by Gasteiger charge is -2.23. The van der Waals surface area contributed by atoms with Crippen LogP contribution in [0.15, 0.2) is 12.3 Å². The Hall–Kier alpha value is -3.15. The van der Waals surface area contributed by atoms with Crippen LogP contribution in [0.3, 0.4) is 0 Å². The Bertz CT molecular complexity index is 824. The molecule has 3 heterocycles. The molecule has 1 N–H and O–H groups in total. The van der Waals surface area contributed by atoms with Crippen LogP contribution in [-0.4, -0.2) is 45.9 Å². The van der Waals surface area contributed by atoms with E-state index in [9.17, 15) is 10.1 Å². The highest BCUT2D eigenvalue weighted by molar-refractivity contribution is 5.72. The third-order valence-corrected chi connectivity index (χ3v) is 4.14. The average molecular weight is 341 g/mol. The number of carbonyl (C=O) groups is 1. The second-order valence-electron chi connectivity index (χ2n) is 5.66. The normalized spacial score (nSPS) is 13.6. The van der Waals surface area contributed by atoms with Crippen LogP contribution in [0.5, 0.6) is 5.88 Å². The van der Waals surface area contributed by atoms with Crippen LogP contribution in [0.2, 0.25) is 0 Å². The van der Waals surface area contributed by atoms with Gasteiger partial charge in [0, 0.05) is 39.2 Å². The van der Waals surface area contributed by atoms with Gasteiger partial charge in [-0.1, -0.05) is 0 Å². The molecular weight excluding hydrogens is 322 g/mol. The first kappa shape index (κ1) is 16.7. The van der Waals surface area contributed by atoms with Gasteiger partial charge in [-0.25, -0.2) is 4.98 Å². The molecule has 2 aromatic rings. The van der Waals surface area contributed by atoms with E-state index in [2.05, 4.69) is 31.5 Å². The summed E-state index contributed by atoms with van der Waals surface area (Å²) in [4.78, 5) is 17.3. The maximum Gasteiger partial charge on any atom is 0.233 e. The van der Waals surface area contributed by atoms with Crippen molar-refractivity contribution in [3.05, 3.63) is 29.5 Å². The van der Waals surface area contributed by atoms with Gasteiger partial charge in [-0.05, 0) is 6.07 Å². The van der Waals surface area contributed by atoms with E-state index in [-0.39, 0.29) is 5.91 Å². The molecule has 2 aromatic heterocycles. The van der Waals surface area contributed by atoms with Crippen LogP contribution in [0, 0.1) is 11.3 Å². The van der Waals surface area contributed by atoms with Gasteiger partial charge in [0.2, 0.25) is 11.8 Å². The molecule has 0 fully saturated rings. The van der Waals surface area contributed by atoms with Crippen LogP contribution in [0.1, 0.15) is 24.1 Å². The predicted molar refractivity (Wildman–Crippen MR) is 89.0 cm³/mol. The van der Waals surface area contributed by atoms with Gasteiger partial charge in [0.15, 0.2) is 5.82 Å². The van der Waals surface area contributed by atoms with Gasteiger partial charge in [-0.2, -0.15) is 5.26 Å². The molecule has 0 aromatic carbocycles. The fourth-order valence-electron chi connectivity index (χ4n) is 2.91. The molecule has 0 unspecified atom stereocenters. The number of nitriles is 1. The minimum Gasteiger partial charge on any atom is -0.480 e. The van der Waals surface area contributed by atoms with E-state index >= 15 is 0 Å². The fourth-order valence-corrected chi connectivity index (χ4v) is 2.91. The number of aromatic nitrogens is 4. The zero-order valence-corrected chi connectivity index (χ0v) is 14.2. The van der Waals surface area contributed by atoms with E-state index < -0.39 is 0 Å². The number of nitrogens with zero attached hydrogens (tertiary/aromatic N) is 6. The summed E-state index contributed by atoms with van der Waals surface area (Å²) in [6.45, 7) is 3.91. The van der Waals surface area contributed by atoms with E-state index in [1.165, 1.54) is 14.0 Å². The number of carbonyl (C=O) groups excluding carboxylic acids is 1. The third-order valence-electron chi connectivity index (χ3n) is 4.14. The van der Waals surface area contributed by atoms with Crippen molar-refractivity contribution in [1.82, 2.24) is 25.1 Å². The molecule has 25 heavy (non-hydrogen) atoms. The van der Waals surface area contributed by atoms with Crippen LogP contribution in [0.25, 0.3) is 0 Å². The minimum absolute atomic E-state index is 0.102. The van der Waals surface area contributed by atoms with Crippen molar-refractivity contribution in [1.29, 1.82) is 5.26 Å². The standard InChI is InChI=1S/C16H19N7O2/c1-11(24)19-10-15-21-20-14-4-6-22(7-8-23(14)15)13-3-5-18-16(25-2)12(13)9-17/h3,5H,4,6-8,10H2,1-2H3,(H,19,24). The topological polar surface area (TPSA) is 109 Å². The Morgan fingerprint density at radius 1 is 1.40 bits per heavy atom. The van der Waals surface area contributed by atoms with Gasteiger partial charge >= 0.3 is 0 Å². The summed E-state index contributed by atoms with van der Waals surface area (Å²) < 4.78 is 7.22. The molecule has 130 valence electrons. The number of methoxy groups -OCH3 is 1. The van der Waals surface area contributed by atoms with Gasteiger partial charge in [0.05, 0.1) is 19.3 Å². The Morgan fingerprint density at radius 3 is 2.96 bits per heavy atom. The molecular formula is C16H19N7O2. The minimum atomic E-state index is -0.102. The summed E-state index contributed by atoms with van der Waals surface area (Å²) in [6, 6.07) is 4.01. The summed E-state index contributed by atoms with van der Waals surface area (Å²) in [6.07, 6.45) is 2.34. The van der Waals surface area contributed by atoms with Gasteiger partial charge in [-0.15, -0.1) is 10.2 Å². The number of hydrogen-bond donors (Lipinski definition) is 1. The van der Waals surface area contributed by atoms with Gasteiger partial charge in [0.25, 0.3) is 0 Å². The Labute approximate surface area is 145 Å². The zero-order valence-electron chi connectivity index (χ0n) is 14.2. The summed E-state index contributed by atoms with van der Waals surface area (Å²) >= 11 is 0. The highest BCUT2D eigenvalue weighted by atomic mass is 16.5. The molecule has 0 aliphatic carbocycles. The van der Waals surface area contributed by atoms with Gasteiger partial charge in [-0.3, -0.25) is 4.79 Å². The number of ether oxygens (including phenoxy) is 1. The van der Waals surface area contributed by atoms with E-state index in [4.69, 9.17) is 4.74 Å². The monoisotopic (exact) mass is 341 g/mol. The molecule has 0 spiro atoms. The molecule has 1 aliphatic rings. The average Bonchev–Trinajstić information content (AvgIpc) is 2.88. The van der Waals surface area contributed by atoms with Crippen LogP contribution < -0.4 is 15.0 Å². The molecule has 0 atom stereocenters. The third kappa shape index (κ3) is 3.38. The number of hydrogen-bond acceptors (Lipinski definition) is 7. The number of anilines is 1. The quantitative estimate of drug-likeness (QED) is 0.849. The summed E-state index contributed by atoms with van der Waals surface area (Å²) in [7, 11) is 1.50. The highest BCUT2D eigenvalue weighted by Crippen LogP contribution is 2.27. The van der Waals surface area contributed by atoms with Crippen molar-refractivity contribution in [2.45, 2.75) is 26.4 Å². The summed E-state index contributed by atoms with van der Waals surface area (Å²) in [5.41, 5.74) is 1.23. The van der Waals surface area contributed by atoms with Crippen LogP contribution >= 0.6 is 0 Å². The molecule has 0 bridgehead atoms. The van der Waals surface area contributed by atoms with Gasteiger partial charge in [0.1, 0.15) is 17.5 Å². The van der Waals surface area contributed by atoms with Crippen molar-refractivity contribution in [3.8, 4) is 11.9 Å². The smallest absolute Gasteiger partial charge is 0.233 e. The van der Waals surface area contributed by atoms with Crippen LogP contribution in [-0.2, 0) is 24.3 Å². The molecule has 9 heteroatoms. The zero-order chi connectivity index (χ0) is 17.8. The number of nitrogens with one attached hydrogen (secondary N) is 1. The van der Waals surface area contributed by atoms with Crippen molar-refractivity contribution in [3.63, 3.8) is 0 Å². The lowest BCUT2D eigenvalue weighted by Crippen LogP contribution is -2.28. The molecule has 9 nitrogen and oxygen atoms in total. The number of fused-ring (bicyclic) bond motifs is 1. The van der Waals surface area contributed by atoms with E-state index in [1.54, 1.807) is 6.20 Å².